The minimum absolute atomic E-state index is 0.0438. The third kappa shape index (κ3) is 2.89. The van der Waals surface area contributed by atoms with Crippen LogP contribution in [-0.2, 0) is 6.42 Å². The summed E-state index contributed by atoms with van der Waals surface area (Å²) in [5.74, 6) is 0. The molecule has 0 fully saturated rings. The zero-order valence-electron chi connectivity index (χ0n) is 18.8. The lowest BCUT2D eigenvalue weighted by molar-refractivity contribution is 0.794. The van der Waals surface area contributed by atoms with Gasteiger partial charge < -0.3 is 9.88 Å². The second kappa shape index (κ2) is 7.38. The van der Waals surface area contributed by atoms with E-state index in [1.807, 2.05) is 6.07 Å². The van der Waals surface area contributed by atoms with E-state index >= 15 is 0 Å². The Labute approximate surface area is 204 Å². The highest BCUT2D eigenvalue weighted by Crippen LogP contribution is 2.50. The first kappa shape index (κ1) is 19.7. The largest absolute Gasteiger partial charge is 0.356 e. The summed E-state index contributed by atoms with van der Waals surface area (Å²) >= 11 is 6.54. The fourth-order valence-corrected chi connectivity index (χ4v) is 5.85. The summed E-state index contributed by atoms with van der Waals surface area (Å²) in [5.41, 5.74) is 12.5. The van der Waals surface area contributed by atoms with E-state index in [0.29, 0.717) is 0 Å². The highest BCUT2D eigenvalue weighted by atomic mass is 35.5. The van der Waals surface area contributed by atoms with Crippen molar-refractivity contribution in [1.82, 2.24) is 4.98 Å². The lowest BCUT2D eigenvalue weighted by Gasteiger charge is -2.39. The molecule has 0 spiro atoms. The molecule has 34 heavy (non-hydrogen) atoms. The molecule has 0 saturated carbocycles. The van der Waals surface area contributed by atoms with E-state index in [1.54, 1.807) is 0 Å². The Morgan fingerprint density at radius 3 is 2.56 bits per heavy atom. The quantitative estimate of drug-likeness (QED) is 0.268. The Morgan fingerprint density at radius 1 is 0.882 bits per heavy atom. The van der Waals surface area contributed by atoms with Crippen LogP contribution in [-0.4, -0.2) is 4.98 Å². The summed E-state index contributed by atoms with van der Waals surface area (Å²) in [6.45, 7) is 2.14. The molecule has 1 unspecified atom stereocenters. The third-order valence-electron chi connectivity index (χ3n) is 7.24. The molecule has 5 aromatic rings. The van der Waals surface area contributed by atoms with Gasteiger partial charge in [0.2, 0.25) is 0 Å². The number of rotatable bonds is 1. The molecule has 7 rings (SSSR count). The smallest absolute Gasteiger partial charge is 0.100 e. The van der Waals surface area contributed by atoms with E-state index in [-0.39, 0.29) is 6.04 Å². The summed E-state index contributed by atoms with van der Waals surface area (Å²) in [7, 11) is 0. The number of aromatic amines is 1. The topological polar surface area (TPSA) is 19.0 Å². The monoisotopic (exact) mass is 458 g/mol. The summed E-state index contributed by atoms with van der Waals surface area (Å²) < 4.78 is 0. The van der Waals surface area contributed by atoms with E-state index in [4.69, 9.17) is 11.6 Å². The molecule has 0 bridgehead atoms. The molecule has 1 aromatic heterocycles. The van der Waals surface area contributed by atoms with Gasteiger partial charge in [-0.15, -0.1) is 0 Å². The number of anilines is 1. The Morgan fingerprint density at radius 2 is 1.68 bits per heavy atom. The first-order chi connectivity index (χ1) is 16.7. The molecular weight excluding hydrogens is 436 g/mol. The highest BCUT2D eigenvalue weighted by molar-refractivity contribution is 6.30. The van der Waals surface area contributed by atoms with Crippen molar-refractivity contribution in [2.75, 3.05) is 4.90 Å². The molecule has 3 heteroatoms. The summed E-state index contributed by atoms with van der Waals surface area (Å²) in [6.07, 6.45) is 3.17. The number of benzene rings is 4. The zero-order chi connectivity index (χ0) is 22.8. The molecule has 3 heterocycles. The lowest BCUT2D eigenvalue weighted by Crippen LogP contribution is -2.31. The van der Waals surface area contributed by atoms with Crippen LogP contribution in [0.5, 0.6) is 0 Å². The van der Waals surface area contributed by atoms with E-state index in [2.05, 4.69) is 108 Å². The maximum Gasteiger partial charge on any atom is 0.100 e. The summed E-state index contributed by atoms with van der Waals surface area (Å²) in [6, 6.07) is 32.7. The van der Waals surface area contributed by atoms with Crippen molar-refractivity contribution in [3.05, 3.63) is 135 Å². The number of hydrogen-bond acceptors (Lipinski definition) is 1. The SMILES string of the molecule is Cc1ccc(C2=Cc3ccccc3C3c4[nH]c5ccccc5c4Cc4cc(Cl)ccc4N23)cc1. The molecule has 0 amide bonds. The van der Waals surface area contributed by atoms with Gasteiger partial charge in [0, 0.05) is 39.4 Å². The maximum atomic E-state index is 6.54. The number of hydrogen-bond donors (Lipinski definition) is 1. The van der Waals surface area contributed by atoms with Crippen LogP contribution in [0.1, 0.15) is 45.1 Å². The summed E-state index contributed by atoms with van der Waals surface area (Å²) in [4.78, 5) is 6.34. The van der Waals surface area contributed by atoms with Crippen LogP contribution >= 0.6 is 11.6 Å². The van der Waals surface area contributed by atoms with Gasteiger partial charge in [-0.1, -0.05) is 83.9 Å². The van der Waals surface area contributed by atoms with Crippen LogP contribution in [0.15, 0.2) is 91.0 Å². The predicted octanol–water partition coefficient (Wildman–Crippen LogP) is 8.14. The molecule has 1 N–H and O–H groups in total. The predicted molar refractivity (Wildman–Crippen MR) is 142 cm³/mol. The van der Waals surface area contributed by atoms with Crippen LogP contribution in [0.25, 0.3) is 22.7 Å². The van der Waals surface area contributed by atoms with Crippen molar-refractivity contribution in [2.24, 2.45) is 0 Å². The molecule has 0 aliphatic carbocycles. The van der Waals surface area contributed by atoms with E-state index in [9.17, 15) is 0 Å². The molecular formula is C31H23ClN2. The van der Waals surface area contributed by atoms with Crippen molar-refractivity contribution >= 4 is 40.0 Å². The van der Waals surface area contributed by atoms with Crippen molar-refractivity contribution in [3.8, 4) is 0 Å². The average molecular weight is 459 g/mol. The normalized spacial score (nSPS) is 16.2. The first-order valence-electron chi connectivity index (χ1n) is 11.7. The Bertz CT molecular complexity index is 1610. The standard InChI is InChI=1S/C31H23ClN2/c1-19-10-12-20(13-11-19)29-18-21-6-2-3-7-24(21)31-30-26(25-8-4-5-9-27(25)33-30)17-22-16-23(32)14-15-28(22)34(29)31/h2-16,18,31,33H,17H2,1H3. The molecule has 4 aromatic carbocycles. The van der Waals surface area contributed by atoms with Gasteiger partial charge in [-0.05, 0) is 65.1 Å². The molecule has 1 atom stereocenters. The van der Waals surface area contributed by atoms with Gasteiger partial charge in [0.05, 0.1) is 0 Å². The van der Waals surface area contributed by atoms with Crippen LogP contribution in [0.2, 0.25) is 5.02 Å². The fraction of sp³-hybridized carbons (Fsp3) is 0.0968. The van der Waals surface area contributed by atoms with E-state index in [1.165, 1.54) is 61.4 Å². The van der Waals surface area contributed by atoms with Gasteiger partial charge in [0.25, 0.3) is 0 Å². The highest BCUT2D eigenvalue weighted by Gasteiger charge is 2.37. The van der Waals surface area contributed by atoms with Gasteiger partial charge in [-0.3, -0.25) is 0 Å². The van der Waals surface area contributed by atoms with E-state index in [0.717, 1.165) is 11.4 Å². The molecule has 2 aliphatic rings. The molecule has 2 nitrogen and oxygen atoms in total. The van der Waals surface area contributed by atoms with Crippen molar-refractivity contribution in [3.63, 3.8) is 0 Å². The molecule has 2 aliphatic heterocycles. The van der Waals surface area contributed by atoms with Gasteiger partial charge in [0.1, 0.15) is 6.04 Å². The van der Waals surface area contributed by atoms with Crippen LogP contribution in [0, 0.1) is 6.92 Å². The molecule has 164 valence electrons. The van der Waals surface area contributed by atoms with Crippen molar-refractivity contribution in [2.45, 2.75) is 19.4 Å². The number of halogens is 1. The second-order valence-corrected chi connectivity index (χ2v) is 9.75. The first-order valence-corrected chi connectivity index (χ1v) is 12.1. The number of aryl methyl sites for hydroxylation is 1. The number of nitrogens with one attached hydrogen (secondary N) is 1. The maximum absolute atomic E-state index is 6.54. The van der Waals surface area contributed by atoms with Gasteiger partial charge in [0.15, 0.2) is 0 Å². The van der Waals surface area contributed by atoms with Gasteiger partial charge >= 0.3 is 0 Å². The Balaban J connectivity index is 1.59. The van der Waals surface area contributed by atoms with Crippen LogP contribution in [0.3, 0.4) is 0 Å². The van der Waals surface area contributed by atoms with Gasteiger partial charge in [-0.2, -0.15) is 0 Å². The minimum atomic E-state index is 0.0438. The Kier molecular flexibility index (Phi) is 4.27. The number of para-hydroxylation sites is 1. The molecule has 0 radical (unpaired) electrons. The van der Waals surface area contributed by atoms with Crippen LogP contribution < -0.4 is 4.90 Å². The minimum Gasteiger partial charge on any atom is -0.356 e. The molecule has 0 saturated heterocycles. The van der Waals surface area contributed by atoms with Crippen molar-refractivity contribution in [1.29, 1.82) is 0 Å². The third-order valence-corrected chi connectivity index (χ3v) is 7.47. The van der Waals surface area contributed by atoms with E-state index < -0.39 is 0 Å². The van der Waals surface area contributed by atoms with Crippen molar-refractivity contribution < 1.29 is 0 Å². The van der Waals surface area contributed by atoms with Gasteiger partial charge in [-0.25, -0.2) is 0 Å². The number of H-pyrrole nitrogens is 1. The Hall–Kier alpha value is -3.75. The average Bonchev–Trinajstić information content (AvgIpc) is 3.15. The number of aromatic nitrogens is 1. The second-order valence-electron chi connectivity index (χ2n) is 9.31. The number of nitrogens with zero attached hydrogens (tertiary/aromatic N) is 1. The lowest BCUT2D eigenvalue weighted by atomic mass is 9.88. The fourth-order valence-electron chi connectivity index (χ4n) is 5.65. The van der Waals surface area contributed by atoms with Crippen LogP contribution in [0.4, 0.5) is 5.69 Å². The zero-order valence-corrected chi connectivity index (χ0v) is 19.6. The summed E-state index contributed by atoms with van der Waals surface area (Å²) in [5, 5.41) is 2.06. The number of fused-ring (bicyclic) bond motifs is 9.